The molecule has 1 unspecified atom stereocenters. The van der Waals surface area contributed by atoms with Gasteiger partial charge in [0.2, 0.25) is 11.7 Å². The summed E-state index contributed by atoms with van der Waals surface area (Å²) in [7, 11) is 1.62. The number of carbonyl (C=O) groups excluding carboxylic acids is 3. The second kappa shape index (κ2) is 7.15. The maximum atomic E-state index is 12.7. The number of benzene rings is 1. The van der Waals surface area contributed by atoms with Crippen molar-refractivity contribution < 1.29 is 19.1 Å². The van der Waals surface area contributed by atoms with E-state index in [1.54, 1.807) is 37.1 Å². The largest absolute Gasteiger partial charge is 0.451 e. The zero-order valence-electron chi connectivity index (χ0n) is 15.6. The highest BCUT2D eigenvalue weighted by atomic mass is 35.5. The van der Waals surface area contributed by atoms with E-state index in [9.17, 15) is 14.4 Å². The fraction of sp³-hybridized carbons (Fsp3) is 0.368. The molecule has 1 atom stereocenters. The molecule has 2 heterocycles. The number of nitrogens with zero attached hydrogens (tertiary/aromatic N) is 3. The number of hydrogen-bond donors (Lipinski definition) is 0. The molecule has 1 aliphatic heterocycles. The molecular weight excluding hydrogens is 370 g/mol. The maximum absolute atomic E-state index is 12.7. The van der Waals surface area contributed by atoms with E-state index in [1.165, 1.54) is 18.5 Å². The van der Waals surface area contributed by atoms with E-state index in [2.05, 4.69) is 5.10 Å². The summed E-state index contributed by atoms with van der Waals surface area (Å²) in [6.07, 6.45) is -0.286. The van der Waals surface area contributed by atoms with Crippen LogP contribution in [-0.4, -0.2) is 40.1 Å². The Balaban J connectivity index is 1.76. The van der Waals surface area contributed by atoms with Gasteiger partial charge in [0.1, 0.15) is 10.7 Å². The number of Topliss-reactive ketones (excluding diaryl/α,β-unsaturated/α-hetero) is 1. The molecule has 0 aliphatic carbocycles. The average molecular weight is 390 g/mol. The van der Waals surface area contributed by atoms with Crippen LogP contribution in [0, 0.1) is 6.92 Å². The first kappa shape index (κ1) is 19.1. The van der Waals surface area contributed by atoms with E-state index in [1.807, 2.05) is 0 Å². The third kappa shape index (κ3) is 3.47. The average Bonchev–Trinajstić information content (AvgIpc) is 3.14. The van der Waals surface area contributed by atoms with Crippen molar-refractivity contribution in [2.24, 2.45) is 7.05 Å². The standard InChI is InChI=1S/C19H20ClN3O4/c1-10-16(18(20)22(4)21-10)19(26)27-11(2)17(25)14-5-6-15-13(9-14)7-8-23(15)12(3)24/h5-6,9,11H,7-8H2,1-4H3. The van der Waals surface area contributed by atoms with Gasteiger partial charge in [0, 0.05) is 31.8 Å². The number of ether oxygens (including phenoxy) is 1. The Bertz CT molecular complexity index is 951. The second-order valence-electron chi connectivity index (χ2n) is 6.55. The predicted molar refractivity (Wildman–Crippen MR) is 100 cm³/mol. The van der Waals surface area contributed by atoms with Crippen molar-refractivity contribution in [1.29, 1.82) is 0 Å². The Morgan fingerprint density at radius 2 is 2.00 bits per heavy atom. The number of fused-ring (bicyclic) bond motifs is 1. The Morgan fingerprint density at radius 3 is 2.59 bits per heavy atom. The number of rotatable bonds is 4. The molecule has 8 heteroatoms. The van der Waals surface area contributed by atoms with E-state index < -0.39 is 12.1 Å². The van der Waals surface area contributed by atoms with Gasteiger partial charge in [0.25, 0.3) is 0 Å². The van der Waals surface area contributed by atoms with Gasteiger partial charge in [0.15, 0.2) is 6.10 Å². The number of hydrogen-bond acceptors (Lipinski definition) is 5. The van der Waals surface area contributed by atoms with E-state index in [4.69, 9.17) is 16.3 Å². The van der Waals surface area contributed by atoms with Crippen LogP contribution in [0.4, 0.5) is 5.69 Å². The molecular formula is C19H20ClN3O4. The van der Waals surface area contributed by atoms with Crippen LogP contribution >= 0.6 is 11.6 Å². The highest BCUT2D eigenvalue weighted by Crippen LogP contribution is 2.29. The molecule has 1 aliphatic rings. The van der Waals surface area contributed by atoms with E-state index in [-0.39, 0.29) is 22.4 Å². The number of aryl methyl sites for hydroxylation is 2. The molecule has 0 radical (unpaired) electrons. The van der Waals surface area contributed by atoms with Gasteiger partial charge in [-0.15, -0.1) is 0 Å². The molecule has 27 heavy (non-hydrogen) atoms. The molecule has 0 N–H and O–H groups in total. The monoisotopic (exact) mass is 389 g/mol. The molecule has 1 amide bonds. The number of ketones is 1. The smallest absolute Gasteiger partial charge is 0.343 e. The quantitative estimate of drug-likeness (QED) is 0.593. The van der Waals surface area contributed by atoms with Crippen molar-refractivity contribution in [2.75, 3.05) is 11.4 Å². The summed E-state index contributed by atoms with van der Waals surface area (Å²) in [5.41, 5.74) is 2.79. The SMILES string of the molecule is CC(=O)N1CCc2cc(C(=O)C(C)OC(=O)c3c(C)nn(C)c3Cl)ccc21. The van der Waals surface area contributed by atoms with Crippen molar-refractivity contribution in [1.82, 2.24) is 9.78 Å². The van der Waals surface area contributed by atoms with Crippen molar-refractivity contribution >= 4 is 34.9 Å². The number of aromatic nitrogens is 2. The van der Waals surface area contributed by atoms with Crippen LogP contribution < -0.4 is 4.90 Å². The molecule has 1 aromatic carbocycles. The van der Waals surface area contributed by atoms with Crippen LogP contribution in [0.1, 0.15) is 45.8 Å². The lowest BCUT2D eigenvalue weighted by Gasteiger charge is -2.16. The number of esters is 1. The normalized spacial score (nSPS) is 14.0. The van der Waals surface area contributed by atoms with Crippen LogP contribution in [-0.2, 0) is 23.0 Å². The summed E-state index contributed by atoms with van der Waals surface area (Å²) in [5, 5.41) is 4.24. The van der Waals surface area contributed by atoms with Crippen molar-refractivity contribution in [3.05, 3.63) is 45.7 Å². The summed E-state index contributed by atoms with van der Waals surface area (Å²) in [4.78, 5) is 38.4. The third-order valence-electron chi connectivity index (χ3n) is 4.65. The van der Waals surface area contributed by atoms with E-state index >= 15 is 0 Å². The van der Waals surface area contributed by atoms with Crippen LogP contribution in [0.15, 0.2) is 18.2 Å². The topological polar surface area (TPSA) is 81.5 Å². The van der Waals surface area contributed by atoms with E-state index in [0.717, 1.165) is 11.3 Å². The summed E-state index contributed by atoms with van der Waals surface area (Å²) >= 11 is 6.07. The first-order valence-corrected chi connectivity index (χ1v) is 8.93. The van der Waals surface area contributed by atoms with E-state index in [0.29, 0.717) is 24.2 Å². The summed E-state index contributed by atoms with van der Waals surface area (Å²) < 4.78 is 6.69. The van der Waals surface area contributed by atoms with Gasteiger partial charge in [-0.05, 0) is 44.0 Å². The van der Waals surface area contributed by atoms with Gasteiger partial charge in [0.05, 0.1) is 5.69 Å². The molecule has 0 fully saturated rings. The molecule has 142 valence electrons. The lowest BCUT2D eigenvalue weighted by molar-refractivity contribution is -0.116. The summed E-state index contributed by atoms with van der Waals surface area (Å²) in [6.45, 7) is 5.29. The molecule has 1 aromatic heterocycles. The summed E-state index contributed by atoms with van der Waals surface area (Å²) in [6, 6.07) is 5.16. The van der Waals surface area contributed by atoms with Gasteiger partial charge in [-0.25, -0.2) is 4.79 Å². The molecule has 0 spiro atoms. The van der Waals surface area contributed by atoms with Crippen molar-refractivity contribution in [3.8, 4) is 0 Å². The molecule has 0 saturated heterocycles. The fourth-order valence-corrected chi connectivity index (χ4v) is 3.50. The Labute approximate surface area is 161 Å². The van der Waals surface area contributed by atoms with Crippen LogP contribution in [0.25, 0.3) is 0 Å². The maximum Gasteiger partial charge on any atom is 0.343 e. The van der Waals surface area contributed by atoms with Gasteiger partial charge in [-0.3, -0.25) is 14.3 Å². The molecule has 3 rings (SSSR count). The molecule has 0 bridgehead atoms. The van der Waals surface area contributed by atoms with Crippen molar-refractivity contribution in [3.63, 3.8) is 0 Å². The zero-order valence-corrected chi connectivity index (χ0v) is 16.3. The van der Waals surface area contributed by atoms with Gasteiger partial charge >= 0.3 is 5.97 Å². The Kier molecular flexibility index (Phi) is 5.06. The lowest BCUT2D eigenvalue weighted by atomic mass is 10.0. The first-order valence-electron chi connectivity index (χ1n) is 8.56. The second-order valence-corrected chi connectivity index (χ2v) is 6.91. The molecule has 2 aromatic rings. The third-order valence-corrected chi connectivity index (χ3v) is 5.08. The minimum atomic E-state index is -0.975. The summed E-state index contributed by atoms with van der Waals surface area (Å²) in [5.74, 6) is -1.03. The number of carbonyl (C=O) groups is 3. The number of anilines is 1. The van der Waals surface area contributed by atoms with Gasteiger partial charge in [-0.1, -0.05) is 11.6 Å². The molecule has 0 saturated carbocycles. The van der Waals surface area contributed by atoms with Crippen molar-refractivity contribution in [2.45, 2.75) is 33.3 Å². The van der Waals surface area contributed by atoms with Gasteiger partial charge in [-0.2, -0.15) is 5.10 Å². The highest BCUT2D eigenvalue weighted by Gasteiger charge is 2.27. The minimum Gasteiger partial charge on any atom is -0.451 e. The molecule has 7 nitrogen and oxygen atoms in total. The van der Waals surface area contributed by atoms with Crippen LogP contribution in [0.3, 0.4) is 0 Å². The zero-order chi connectivity index (χ0) is 19.9. The highest BCUT2D eigenvalue weighted by molar-refractivity contribution is 6.32. The Morgan fingerprint density at radius 1 is 1.30 bits per heavy atom. The lowest BCUT2D eigenvalue weighted by Crippen LogP contribution is -2.26. The number of halogens is 1. The Hall–Kier alpha value is -2.67. The predicted octanol–water partition coefficient (Wildman–Crippen LogP) is 2.72. The van der Waals surface area contributed by atoms with Crippen LogP contribution in [0.2, 0.25) is 5.15 Å². The fourth-order valence-electron chi connectivity index (χ4n) is 3.25. The van der Waals surface area contributed by atoms with Gasteiger partial charge < -0.3 is 9.64 Å². The van der Waals surface area contributed by atoms with Crippen LogP contribution in [0.5, 0.6) is 0 Å². The first-order chi connectivity index (χ1) is 12.7. The number of amides is 1. The minimum absolute atomic E-state index is 0.0288.